The molecule has 0 aliphatic heterocycles. The molecule has 0 spiro atoms. The molecule has 0 unspecified atom stereocenters. The lowest BCUT2D eigenvalue weighted by Gasteiger charge is -2.05. The number of hydrogen-bond acceptors (Lipinski definition) is 3. The van der Waals surface area contributed by atoms with Crippen LogP contribution in [0, 0.1) is 0 Å². The zero-order valence-corrected chi connectivity index (χ0v) is 11.8. The van der Waals surface area contributed by atoms with Crippen molar-refractivity contribution in [2.75, 3.05) is 0 Å². The van der Waals surface area contributed by atoms with Crippen molar-refractivity contribution in [3.63, 3.8) is 0 Å². The van der Waals surface area contributed by atoms with Gasteiger partial charge in [-0.1, -0.05) is 46.3 Å². The van der Waals surface area contributed by atoms with Crippen LogP contribution in [0.2, 0.25) is 10.0 Å². The number of benzene rings is 2. The molecule has 0 saturated heterocycles. The molecule has 0 heterocycles. The summed E-state index contributed by atoms with van der Waals surface area (Å²) in [6.45, 7) is 0. The fraction of sp³-hybridized carbons (Fsp3) is 0. The summed E-state index contributed by atoms with van der Waals surface area (Å²) in [4.78, 5) is 1.24. The monoisotopic (exact) mass is 317 g/mol. The van der Waals surface area contributed by atoms with Gasteiger partial charge in [-0.05, 0) is 35.4 Å². The van der Waals surface area contributed by atoms with Crippen molar-refractivity contribution in [1.82, 2.24) is 4.89 Å². The molecule has 0 fully saturated rings. The number of rotatable bonds is 3. The first kappa shape index (κ1) is 14.3. The van der Waals surface area contributed by atoms with E-state index in [4.69, 9.17) is 28.4 Å². The van der Waals surface area contributed by atoms with E-state index in [1.54, 1.807) is 30.3 Å². The first-order valence-corrected chi connectivity index (χ1v) is 7.39. The van der Waals surface area contributed by atoms with Crippen LogP contribution >= 0.6 is 23.2 Å². The third kappa shape index (κ3) is 3.08. The summed E-state index contributed by atoms with van der Waals surface area (Å²) >= 11 is 11.7. The van der Waals surface area contributed by atoms with Gasteiger partial charge >= 0.3 is 0 Å². The summed E-state index contributed by atoms with van der Waals surface area (Å²) < 4.78 is 22.7. The first-order valence-electron chi connectivity index (χ1n) is 5.15. The van der Waals surface area contributed by atoms with Crippen LogP contribution in [0.3, 0.4) is 0 Å². The molecule has 0 bridgehead atoms. The second-order valence-corrected chi connectivity index (χ2v) is 6.22. The normalized spacial score (nSPS) is 11.5. The number of halogens is 2. The van der Waals surface area contributed by atoms with Gasteiger partial charge in [0.05, 0.1) is 14.9 Å². The molecule has 2 aromatic rings. The van der Waals surface area contributed by atoms with E-state index in [9.17, 15) is 8.42 Å². The Morgan fingerprint density at radius 2 is 1.47 bits per heavy atom. The highest BCUT2D eigenvalue weighted by atomic mass is 35.5. The molecule has 4 nitrogen and oxygen atoms in total. The lowest BCUT2D eigenvalue weighted by Crippen LogP contribution is -2.19. The second kappa shape index (κ2) is 5.48. The third-order valence-corrected chi connectivity index (χ3v) is 4.41. The van der Waals surface area contributed by atoms with Crippen LogP contribution < -0.4 is 4.89 Å². The maximum Gasteiger partial charge on any atom is 0.262 e. The first-order chi connectivity index (χ1) is 8.94. The minimum absolute atomic E-state index is 0.0289. The largest absolute Gasteiger partial charge is 0.302 e. The predicted molar refractivity (Wildman–Crippen MR) is 74.0 cm³/mol. The smallest absolute Gasteiger partial charge is 0.262 e. The molecule has 7 heteroatoms. The van der Waals surface area contributed by atoms with Crippen LogP contribution in [0.25, 0.3) is 11.1 Å². The fourth-order valence-electron chi connectivity index (χ4n) is 1.55. The van der Waals surface area contributed by atoms with E-state index in [0.29, 0.717) is 10.0 Å². The highest BCUT2D eigenvalue weighted by Crippen LogP contribution is 2.28. The summed E-state index contributed by atoms with van der Waals surface area (Å²) in [5.41, 5.74) is 1.60. The lowest BCUT2D eigenvalue weighted by molar-refractivity contribution is 0.242. The van der Waals surface area contributed by atoms with Gasteiger partial charge < -0.3 is 5.21 Å². The minimum Gasteiger partial charge on any atom is -0.302 e. The summed E-state index contributed by atoms with van der Waals surface area (Å²) in [5.74, 6) is 0. The highest BCUT2D eigenvalue weighted by molar-refractivity contribution is 7.89. The van der Waals surface area contributed by atoms with Gasteiger partial charge in [0.15, 0.2) is 0 Å². The molecular formula is C12H9Cl2NO3S. The van der Waals surface area contributed by atoms with Crippen LogP contribution in [-0.4, -0.2) is 13.6 Å². The number of nitrogens with one attached hydrogen (secondary N) is 1. The maximum atomic E-state index is 11.3. The molecule has 2 aromatic carbocycles. The van der Waals surface area contributed by atoms with Crippen LogP contribution in [0.15, 0.2) is 47.4 Å². The minimum atomic E-state index is -3.85. The second-order valence-electron chi connectivity index (χ2n) is 3.75. The molecule has 100 valence electrons. The van der Waals surface area contributed by atoms with E-state index >= 15 is 0 Å². The Kier molecular flexibility index (Phi) is 4.13. The highest BCUT2D eigenvalue weighted by Gasteiger charge is 2.12. The molecule has 19 heavy (non-hydrogen) atoms. The average molecular weight is 318 g/mol. The van der Waals surface area contributed by atoms with Gasteiger partial charge in [0.1, 0.15) is 0 Å². The summed E-state index contributed by atoms with van der Waals surface area (Å²) in [6.07, 6.45) is 0. The van der Waals surface area contributed by atoms with Crippen LogP contribution in [0.5, 0.6) is 0 Å². The van der Waals surface area contributed by atoms with Crippen molar-refractivity contribution in [3.05, 3.63) is 52.5 Å². The molecule has 0 aromatic heterocycles. The van der Waals surface area contributed by atoms with Crippen molar-refractivity contribution in [1.29, 1.82) is 0 Å². The zero-order chi connectivity index (χ0) is 14.0. The zero-order valence-electron chi connectivity index (χ0n) is 9.47. The van der Waals surface area contributed by atoms with Gasteiger partial charge in [0.25, 0.3) is 10.0 Å². The van der Waals surface area contributed by atoms with Gasteiger partial charge in [-0.25, -0.2) is 8.42 Å². The van der Waals surface area contributed by atoms with Crippen LogP contribution in [-0.2, 0) is 10.0 Å². The van der Waals surface area contributed by atoms with Crippen molar-refractivity contribution in [2.24, 2.45) is 0 Å². The average Bonchev–Trinajstić information content (AvgIpc) is 2.42. The van der Waals surface area contributed by atoms with Crippen molar-refractivity contribution in [2.45, 2.75) is 4.90 Å². The van der Waals surface area contributed by atoms with E-state index in [1.807, 2.05) is 0 Å². The Morgan fingerprint density at radius 3 is 2.00 bits per heavy atom. The quantitative estimate of drug-likeness (QED) is 0.853. The van der Waals surface area contributed by atoms with E-state index in [2.05, 4.69) is 0 Å². The molecule has 0 saturated carbocycles. The Bertz CT molecular complexity index is 699. The molecule has 0 radical (unpaired) electrons. The topological polar surface area (TPSA) is 66.4 Å². The van der Waals surface area contributed by atoms with Gasteiger partial charge in [-0.3, -0.25) is 0 Å². The van der Waals surface area contributed by atoms with Gasteiger partial charge in [0.2, 0.25) is 0 Å². The van der Waals surface area contributed by atoms with Crippen molar-refractivity contribution < 1.29 is 13.6 Å². The number of hydrogen-bond donors (Lipinski definition) is 2. The van der Waals surface area contributed by atoms with Gasteiger partial charge in [-0.2, -0.15) is 0 Å². The SMILES string of the molecule is O=S(=O)(NO)c1ccc(-c2ccc(Cl)c(Cl)c2)cc1. The summed E-state index contributed by atoms with van der Waals surface area (Å²) in [7, 11) is -3.85. The van der Waals surface area contributed by atoms with E-state index in [1.165, 1.54) is 17.0 Å². The van der Waals surface area contributed by atoms with Gasteiger partial charge in [-0.15, -0.1) is 0 Å². The third-order valence-electron chi connectivity index (χ3n) is 2.54. The lowest BCUT2D eigenvalue weighted by atomic mass is 10.1. The van der Waals surface area contributed by atoms with Crippen LogP contribution in [0.4, 0.5) is 0 Å². The number of sulfonamides is 1. The Morgan fingerprint density at radius 1 is 0.895 bits per heavy atom. The molecule has 0 amide bonds. The Balaban J connectivity index is 2.40. The molecule has 2 rings (SSSR count). The summed E-state index contributed by atoms with van der Waals surface area (Å²) in [6, 6.07) is 11.1. The van der Waals surface area contributed by atoms with E-state index in [-0.39, 0.29) is 4.90 Å². The standard InChI is InChI=1S/C12H9Cl2NO3S/c13-11-6-3-9(7-12(11)14)8-1-4-10(5-2-8)19(17,18)15-16/h1-7,15-16H. The van der Waals surface area contributed by atoms with E-state index < -0.39 is 10.0 Å². The van der Waals surface area contributed by atoms with Gasteiger partial charge in [0, 0.05) is 0 Å². The molecule has 0 aliphatic rings. The van der Waals surface area contributed by atoms with Crippen LogP contribution in [0.1, 0.15) is 0 Å². The molecule has 0 aliphatic carbocycles. The fourth-order valence-corrected chi connectivity index (χ4v) is 2.45. The Hall–Kier alpha value is -1.11. The molecular weight excluding hydrogens is 309 g/mol. The van der Waals surface area contributed by atoms with Crippen molar-refractivity contribution in [3.8, 4) is 11.1 Å². The Labute approximate surface area is 120 Å². The maximum absolute atomic E-state index is 11.3. The van der Waals surface area contributed by atoms with Crippen molar-refractivity contribution >= 4 is 33.2 Å². The predicted octanol–water partition coefficient (Wildman–Crippen LogP) is 3.33. The summed E-state index contributed by atoms with van der Waals surface area (Å²) in [5, 5.41) is 9.41. The molecule has 2 N–H and O–H groups in total. The van der Waals surface area contributed by atoms with E-state index in [0.717, 1.165) is 11.1 Å². The molecule has 0 atom stereocenters.